The summed E-state index contributed by atoms with van der Waals surface area (Å²) in [6.07, 6.45) is 4.49. The third-order valence-corrected chi connectivity index (χ3v) is 3.97. The van der Waals surface area contributed by atoms with Crippen molar-refractivity contribution in [2.75, 3.05) is 26.4 Å². The molecule has 26 heavy (non-hydrogen) atoms. The van der Waals surface area contributed by atoms with Crippen molar-refractivity contribution in [2.45, 2.75) is 51.7 Å². The van der Waals surface area contributed by atoms with Crippen LogP contribution in [0, 0.1) is 0 Å². The molecule has 0 saturated carbocycles. The molecule has 0 aliphatic carbocycles. The van der Waals surface area contributed by atoms with Crippen LogP contribution < -0.4 is 4.74 Å². The Bertz CT molecular complexity index is 548. The van der Waals surface area contributed by atoms with Crippen LogP contribution in [-0.2, 0) is 30.2 Å². The van der Waals surface area contributed by atoms with Crippen molar-refractivity contribution < 1.29 is 28.5 Å². The molecular weight excluding hydrogens is 336 g/mol. The number of hydrogen-bond donors (Lipinski definition) is 0. The number of ketones is 1. The Morgan fingerprint density at radius 2 is 1.92 bits per heavy atom. The molecule has 1 fully saturated rings. The molecule has 6 heteroatoms. The van der Waals surface area contributed by atoms with Crippen molar-refractivity contribution in [1.29, 1.82) is 0 Å². The Balaban J connectivity index is 1.55. The van der Waals surface area contributed by atoms with Gasteiger partial charge in [-0.05, 0) is 50.3 Å². The molecule has 1 atom stereocenters. The van der Waals surface area contributed by atoms with Crippen molar-refractivity contribution in [3.63, 3.8) is 0 Å². The molecule has 1 aromatic carbocycles. The highest BCUT2D eigenvalue weighted by Crippen LogP contribution is 2.16. The maximum atomic E-state index is 11.2. The van der Waals surface area contributed by atoms with E-state index in [1.807, 2.05) is 24.3 Å². The molecule has 0 radical (unpaired) electrons. The highest BCUT2D eigenvalue weighted by molar-refractivity contribution is 5.94. The van der Waals surface area contributed by atoms with Gasteiger partial charge in [-0.1, -0.05) is 12.1 Å². The van der Waals surface area contributed by atoms with Crippen LogP contribution in [0.4, 0.5) is 0 Å². The Morgan fingerprint density at radius 3 is 2.62 bits per heavy atom. The zero-order chi connectivity index (χ0) is 18.6. The summed E-state index contributed by atoms with van der Waals surface area (Å²) in [4.78, 5) is 22.0. The smallest absolute Gasteiger partial charge is 0.313 e. The average Bonchev–Trinajstić information content (AvgIpc) is 2.63. The van der Waals surface area contributed by atoms with Gasteiger partial charge in [0.25, 0.3) is 0 Å². The van der Waals surface area contributed by atoms with Crippen molar-refractivity contribution in [1.82, 2.24) is 0 Å². The summed E-state index contributed by atoms with van der Waals surface area (Å²) in [5.74, 6) is 0.103. The van der Waals surface area contributed by atoms with E-state index < -0.39 is 5.97 Å². The van der Waals surface area contributed by atoms with Gasteiger partial charge >= 0.3 is 5.97 Å². The normalized spacial score (nSPS) is 16.9. The number of esters is 1. The first-order valence-corrected chi connectivity index (χ1v) is 9.23. The Hall–Kier alpha value is -1.92. The van der Waals surface area contributed by atoms with Crippen LogP contribution in [0.1, 0.15) is 44.6 Å². The van der Waals surface area contributed by atoms with Crippen molar-refractivity contribution in [3.8, 4) is 5.75 Å². The third-order valence-electron chi connectivity index (χ3n) is 3.97. The molecule has 0 N–H and O–H groups in total. The first-order valence-electron chi connectivity index (χ1n) is 9.23. The lowest BCUT2D eigenvalue weighted by Crippen LogP contribution is -2.23. The van der Waals surface area contributed by atoms with Gasteiger partial charge in [-0.25, -0.2) is 0 Å². The third kappa shape index (κ3) is 8.45. The predicted octanol–water partition coefficient (Wildman–Crippen LogP) is 3.06. The number of rotatable bonds is 11. The van der Waals surface area contributed by atoms with Crippen LogP contribution in [0.2, 0.25) is 0 Å². The lowest BCUT2D eigenvalue weighted by atomic mass is 10.1. The van der Waals surface area contributed by atoms with Crippen molar-refractivity contribution >= 4 is 11.8 Å². The molecular formula is C20H28O6. The minimum atomic E-state index is -0.484. The lowest BCUT2D eigenvalue weighted by molar-refractivity contribution is -0.161. The molecule has 1 heterocycles. The summed E-state index contributed by atoms with van der Waals surface area (Å²) in [5.41, 5.74) is 1.19. The molecule has 144 valence electrons. The van der Waals surface area contributed by atoms with Crippen molar-refractivity contribution in [2.24, 2.45) is 0 Å². The van der Waals surface area contributed by atoms with E-state index in [0.29, 0.717) is 19.6 Å². The average molecular weight is 364 g/mol. The second-order valence-electron chi connectivity index (χ2n) is 6.36. The number of carbonyl (C=O) groups is 2. The minimum absolute atomic E-state index is 0.0455. The van der Waals surface area contributed by atoms with Crippen LogP contribution in [-0.4, -0.2) is 44.5 Å². The Labute approximate surface area is 154 Å². The van der Waals surface area contributed by atoms with Gasteiger partial charge in [0.1, 0.15) is 18.0 Å². The first-order chi connectivity index (χ1) is 12.6. The number of Topliss-reactive ketones (excluding diaryl/α,β-unsaturated/α-hetero) is 1. The number of hydrogen-bond acceptors (Lipinski definition) is 6. The number of ether oxygens (including phenoxy) is 4. The van der Waals surface area contributed by atoms with Crippen LogP contribution in [0.15, 0.2) is 24.3 Å². The minimum Gasteiger partial charge on any atom is -0.493 e. The summed E-state index contributed by atoms with van der Waals surface area (Å²) in [6.45, 7) is 3.52. The first kappa shape index (κ1) is 20.4. The van der Waals surface area contributed by atoms with Crippen LogP contribution >= 0.6 is 0 Å². The highest BCUT2D eigenvalue weighted by atomic mass is 16.7. The maximum absolute atomic E-state index is 11.2. The molecule has 1 saturated heterocycles. The van der Waals surface area contributed by atoms with Gasteiger partial charge < -0.3 is 18.9 Å². The fourth-order valence-electron chi connectivity index (χ4n) is 2.59. The highest BCUT2D eigenvalue weighted by Gasteiger charge is 2.13. The second-order valence-corrected chi connectivity index (χ2v) is 6.36. The van der Waals surface area contributed by atoms with Gasteiger partial charge in [0.2, 0.25) is 0 Å². The molecule has 2 rings (SSSR count). The molecule has 6 nitrogen and oxygen atoms in total. The van der Waals surface area contributed by atoms with Gasteiger partial charge in [-0.3, -0.25) is 9.59 Å². The molecule has 0 spiro atoms. The van der Waals surface area contributed by atoms with Gasteiger partial charge in [0.15, 0.2) is 6.29 Å². The largest absolute Gasteiger partial charge is 0.493 e. The molecule has 1 unspecified atom stereocenters. The summed E-state index contributed by atoms with van der Waals surface area (Å²) in [5, 5.41) is 0. The monoisotopic (exact) mass is 364 g/mol. The van der Waals surface area contributed by atoms with E-state index in [0.717, 1.165) is 31.6 Å². The quantitative estimate of drug-likeness (QED) is 0.341. The van der Waals surface area contributed by atoms with Crippen LogP contribution in [0.5, 0.6) is 5.75 Å². The predicted molar refractivity (Wildman–Crippen MR) is 96.1 cm³/mol. The molecule has 0 amide bonds. The molecule has 0 aromatic heterocycles. The number of carbonyl (C=O) groups excluding carboxylic acids is 2. The van der Waals surface area contributed by atoms with E-state index in [1.54, 1.807) is 0 Å². The molecule has 1 aliphatic heterocycles. The zero-order valence-corrected chi connectivity index (χ0v) is 15.4. The molecule has 1 aliphatic rings. The molecule has 0 bridgehead atoms. The maximum Gasteiger partial charge on any atom is 0.313 e. The van der Waals surface area contributed by atoms with E-state index in [1.165, 1.54) is 18.9 Å². The standard InChI is InChI=1S/C20H28O6/c1-16(21)15-19(22)24-13-4-12-23-18-8-6-17(7-9-18)10-14-26-20-5-2-3-11-25-20/h6-9,20H,2-5,10-15H2,1H3. The summed E-state index contributed by atoms with van der Waals surface area (Å²) < 4.78 is 21.8. The Morgan fingerprint density at radius 1 is 1.12 bits per heavy atom. The van der Waals surface area contributed by atoms with Gasteiger partial charge in [0, 0.05) is 13.0 Å². The van der Waals surface area contributed by atoms with Gasteiger partial charge in [0.05, 0.1) is 19.8 Å². The summed E-state index contributed by atoms with van der Waals surface area (Å²) >= 11 is 0. The summed E-state index contributed by atoms with van der Waals surface area (Å²) in [6, 6.07) is 7.89. The van der Waals surface area contributed by atoms with Crippen LogP contribution in [0.25, 0.3) is 0 Å². The second kappa shape index (κ2) is 11.6. The fourth-order valence-corrected chi connectivity index (χ4v) is 2.59. The van der Waals surface area contributed by atoms with E-state index >= 15 is 0 Å². The van der Waals surface area contributed by atoms with E-state index in [9.17, 15) is 9.59 Å². The van der Waals surface area contributed by atoms with E-state index in [4.69, 9.17) is 18.9 Å². The SMILES string of the molecule is CC(=O)CC(=O)OCCCOc1ccc(CCOC2CCCCO2)cc1. The van der Waals surface area contributed by atoms with E-state index in [-0.39, 0.29) is 25.1 Å². The van der Waals surface area contributed by atoms with Gasteiger partial charge in [-0.15, -0.1) is 0 Å². The fraction of sp³-hybridized carbons (Fsp3) is 0.600. The topological polar surface area (TPSA) is 71.1 Å². The molecule has 1 aromatic rings. The zero-order valence-electron chi connectivity index (χ0n) is 15.4. The summed E-state index contributed by atoms with van der Waals surface area (Å²) in [7, 11) is 0. The van der Waals surface area contributed by atoms with Crippen LogP contribution in [0.3, 0.4) is 0 Å². The van der Waals surface area contributed by atoms with E-state index in [2.05, 4.69) is 0 Å². The Kier molecular flexibility index (Phi) is 9.14. The van der Waals surface area contributed by atoms with Gasteiger partial charge in [-0.2, -0.15) is 0 Å². The van der Waals surface area contributed by atoms with Crippen molar-refractivity contribution in [3.05, 3.63) is 29.8 Å². The lowest BCUT2D eigenvalue weighted by Gasteiger charge is -2.22. The number of benzene rings is 1.